The Kier molecular flexibility index (Phi) is 5.49. The lowest BCUT2D eigenvalue weighted by Crippen LogP contribution is -1.98. The minimum absolute atomic E-state index is 0.606. The molecule has 1 atom stereocenters. The van der Waals surface area contributed by atoms with Crippen molar-refractivity contribution in [3.8, 4) is 0 Å². The molecule has 0 amide bonds. The molecule has 0 heterocycles. The highest BCUT2D eigenvalue weighted by atomic mass is 35.5. The van der Waals surface area contributed by atoms with E-state index in [1.54, 1.807) is 0 Å². The Morgan fingerprint density at radius 1 is 1.20 bits per heavy atom. The van der Waals surface area contributed by atoms with Crippen LogP contribution in [-0.4, -0.2) is 0 Å². The maximum Gasteiger partial charge on any atom is 0.0474 e. The van der Waals surface area contributed by atoms with Gasteiger partial charge in [-0.2, -0.15) is 0 Å². The number of hydrogen-bond acceptors (Lipinski definition) is 0. The summed E-state index contributed by atoms with van der Waals surface area (Å²) >= 11 is 5.74. The molecule has 0 nitrogen and oxygen atoms in total. The number of halogens is 1. The van der Waals surface area contributed by atoms with Crippen LogP contribution in [-0.2, 0) is 12.3 Å². The van der Waals surface area contributed by atoms with Crippen LogP contribution in [0.15, 0.2) is 36.4 Å². The zero-order chi connectivity index (χ0) is 11.1. The zero-order valence-corrected chi connectivity index (χ0v) is 10.3. The first-order valence-electron chi connectivity index (χ1n) is 5.51. The van der Waals surface area contributed by atoms with Gasteiger partial charge >= 0.3 is 0 Å². The summed E-state index contributed by atoms with van der Waals surface area (Å²) in [6, 6.07) is 8.60. The molecule has 82 valence electrons. The summed E-state index contributed by atoms with van der Waals surface area (Å²) in [5.74, 6) is 1.32. The van der Waals surface area contributed by atoms with E-state index in [1.165, 1.54) is 11.1 Å². The van der Waals surface area contributed by atoms with Gasteiger partial charge in [-0.15, -0.1) is 11.6 Å². The van der Waals surface area contributed by atoms with E-state index in [4.69, 9.17) is 11.6 Å². The van der Waals surface area contributed by atoms with Crippen LogP contribution in [0.1, 0.15) is 31.4 Å². The summed E-state index contributed by atoms with van der Waals surface area (Å²) in [4.78, 5) is 0. The van der Waals surface area contributed by atoms with Gasteiger partial charge < -0.3 is 0 Å². The lowest BCUT2D eigenvalue weighted by molar-refractivity contribution is 0.589. The molecule has 0 N–H and O–H groups in total. The van der Waals surface area contributed by atoms with Crippen molar-refractivity contribution < 1.29 is 0 Å². The van der Waals surface area contributed by atoms with E-state index in [2.05, 4.69) is 50.3 Å². The van der Waals surface area contributed by atoms with E-state index in [0.29, 0.717) is 11.8 Å². The molecular formula is C14H19Cl. The van der Waals surface area contributed by atoms with Crippen LogP contribution in [0, 0.1) is 5.92 Å². The molecule has 1 heteroatoms. The number of rotatable bonds is 5. The minimum Gasteiger partial charge on any atom is -0.122 e. The highest BCUT2D eigenvalue weighted by Crippen LogP contribution is 2.14. The second-order valence-corrected chi connectivity index (χ2v) is 4.33. The summed E-state index contributed by atoms with van der Waals surface area (Å²) < 4.78 is 0. The molecule has 0 radical (unpaired) electrons. The van der Waals surface area contributed by atoms with Crippen molar-refractivity contribution in [3.63, 3.8) is 0 Å². The van der Waals surface area contributed by atoms with Gasteiger partial charge in [0.05, 0.1) is 0 Å². The smallest absolute Gasteiger partial charge is 0.0474 e. The Bertz CT molecular complexity index is 298. The molecule has 1 aromatic carbocycles. The fourth-order valence-corrected chi connectivity index (χ4v) is 1.80. The molecule has 1 aromatic rings. The lowest BCUT2D eigenvalue weighted by Gasteiger charge is -2.08. The summed E-state index contributed by atoms with van der Waals surface area (Å²) in [5, 5.41) is 0. The fourth-order valence-electron chi connectivity index (χ4n) is 1.62. The second-order valence-electron chi connectivity index (χ2n) is 4.06. The van der Waals surface area contributed by atoms with Gasteiger partial charge in [0, 0.05) is 5.88 Å². The first-order valence-corrected chi connectivity index (χ1v) is 6.04. The highest BCUT2D eigenvalue weighted by molar-refractivity contribution is 6.17. The van der Waals surface area contributed by atoms with E-state index in [-0.39, 0.29) is 0 Å². The van der Waals surface area contributed by atoms with Crippen molar-refractivity contribution >= 4 is 11.6 Å². The van der Waals surface area contributed by atoms with E-state index in [1.807, 2.05) is 0 Å². The third-order valence-corrected chi connectivity index (χ3v) is 2.84. The van der Waals surface area contributed by atoms with Gasteiger partial charge in [-0.05, 0) is 36.8 Å². The van der Waals surface area contributed by atoms with E-state index < -0.39 is 0 Å². The summed E-state index contributed by atoms with van der Waals surface area (Å²) in [6.07, 6.45) is 6.66. The van der Waals surface area contributed by atoms with Gasteiger partial charge in [0.2, 0.25) is 0 Å². The molecule has 1 unspecified atom stereocenters. The van der Waals surface area contributed by atoms with Gasteiger partial charge in [-0.25, -0.2) is 0 Å². The van der Waals surface area contributed by atoms with Crippen LogP contribution in [0.2, 0.25) is 0 Å². The standard InChI is InChI=1S/C14H19Cl/c1-3-4-5-12(2)10-13-6-8-14(11-15)9-7-13/h3-4,6-9,12H,5,10-11H2,1-2H3/b4-3-. The molecule has 0 bridgehead atoms. The molecule has 0 aromatic heterocycles. The van der Waals surface area contributed by atoms with Gasteiger partial charge in [0.25, 0.3) is 0 Å². The molecule has 15 heavy (non-hydrogen) atoms. The average Bonchev–Trinajstić information content (AvgIpc) is 2.27. The molecule has 0 saturated carbocycles. The third kappa shape index (κ3) is 4.53. The predicted molar refractivity (Wildman–Crippen MR) is 68.3 cm³/mol. The summed E-state index contributed by atoms with van der Waals surface area (Å²) in [6.45, 7) is 4.36. The fraction of sp³-hybridized carbons (Fsp3) is 0.429. The van der Waals surface area contributed by atoms with Crippen LogP contribution in [0.25, 0.3) is 0 Å². The molecule has 0 fully saturated rings. The first-order chi connectivity index (χ1) is 7.26. The van der Waals surface area contributed by atoms with Gasteiger partial charge in [0.1, 0.15) is 0 Å². The SMILES string of the molecule is C/C=C\CC(C)Cc1ccc(CCl)cc1. The van der Waals surface area contributed by atoms with Gasteiger partial charge in [-0.3, -0.25) is 0 Å². The van der Waals surface area contributed by atoms with Crippen LogP contribution in [0.4, 0.5) is 0 Å². The topological polar surface area (TPSA) is 0 Å². The van der Waals surface area contributed by atoms with E-state index in [9.17, 15) is 0 Å². The lowest BCUT2D eigenvalue weighted by atomic mass is 9.97. The minimum atomic E-state index is 0.606. The number of benzene rings is 1. The normalized spacial score (nSPS) is 13.3. The largest absolute Gasteiger partial charge is 0.122 e. The van der Waals surface area contributed by atoms with Crippen LogP contribution >= 0.6 is 11.6 Å². The molecule has 0 aliphatic carbocycles. The number of alkyl halides is 1. The first kappa shape index (κ1) is 12.3. The van der Waals surface area contributed by atoms with Crippen LogP contribution in [0.3, 0.4) is 0 Å². The maximum absolute atomic E-state index is 5.74. The Morgan fingerprint density at radius 3 is 2.33 bits per heavy atom. The highest BCUT2D eigenvalue weighted by Gasteiger charge is 2.01. The van der Waals surface area contributed by atoms with Crippen molar-refractivity contribution in [2.24, 2.45) is 5.92 Å². The van der Waals surface area contributed by atoms with Crippen molar-refractivity contribution in [1.29, 1.82) is 0 Å². The van der Waals surface area contributed by atoms with Crippen molar-refractivity contribution in [2.75, 3.05) is 0 Å². The zero-order valence-electron chi connectivity index (χ0n) is 9.54. The van der Waals surface area contributed by atoms with Gasteiger partial charge in [-0.1, -0.05) is 43.3 Å². The molecule has 0 saturated heterocycles. The average molecular weight is 223 g/mol. The Balaban J connectivity index is 2.49. The molecule has 1 rings (SSSR count). The number of hydrogen-bond donors (Lipinski definition) is 0. The molecule has 0 aliphatic rings. The maximum atomic E-state index is 5.74. The van der Waals surface area contributed by atoms with Crippen LogP contribution in [0.5, 0.6) is 0 Å². The Hall–Kier alpha value is -0.750. The van der Waals surface area contributed by atoms with Crippen molar-refractivity contribution in [3.05, 3.63) is 47.5 Å². The number of allylic oxidation sites excluding steroid dienone is 2. The Morgan fingerprint density at radius 2 is 1.80 bits per heavy atom. The van der Waals surface area contributed by atoms with E-state index in [0.717, 1.165) is 12.8 Å². The van der Waals surface area contributed by atoms with Crippen molar-refractivity contribution in [2.45, 2.75) is 32.6 Å². The molecular weight excluding hydrogens is 204 g/mol. The van der Waals surface area contributed by atoms with Gasteiger partial charge in [0.15, 0.2) is 0 Å². The second kappa shape index (κ2) is 6.68. The molecule has 0 aliphatic heterocycles. The quantitative estimate of drug-likeness (QED) is 0.506. The third-order valence-electron chi connectivity index (χ3n) is 2.54. The summed E-state index contributed by atoms with van der Waals surface area (Å²) in [7, 11) is 0. The molecule has 0 spiro atoms. The van der Waals surface area contributed by atoms with Crippen LogP contribution < -0.4 is 0 Å². The summed E-state index contributed by atoms with van der Waals surface area (Å²) in [5.41, 5.74) is 2.60. The monoisotopic (exact) mass is 222 g/mol. The van der Waals surface area contributed by atoms with E-state index >= 15 is 0 Å². The predicted octanol–water partition coefficient (Wildman–Crippen LogP) is 4.57. The Labute approximate surface area is 98.0 Å². The van der Waals surface area contributed by atoms with Crippen molar-refractivity contribution in [1.82, 2.24) is 0 Å².